The molecule has 12 heteroatoms. The minimum absolute atomic E-state index is 0.125. The van der Waals surface area contributed by atoms with Crippen LogP contribution in [0.3, 0.4) is 0 Å². The molecule has 1 spiro atoms. The first-order chi connectivity index (χ1) is 18.6. The number of nitrogens with zero attached hydrogens (tertiary/aromatic N) is 6. The highest BCUT2D eigenvalue weighted by Gasteiger charge is 2.44. The second-order valence-corrected chi connectivity index (χ2v) is 13.0. The van der Waals surface area contributed by atoms with Gasteiger partial charge in [0.15, 0.2) is 0 Å². The summed E-state index contributed by atoms with van der Waals surface area (Å²) in [6.45, 7) is 3.01. The highest BCUT2D eigenvalue weighted by Crippen LogP contribution is 2.54. The molecule has 3 aliphatic rings. The predicted molar refractivity (Wildman–Crippen MR) is 146 cm³/mol. The molecule has 2 aliphatic heterocycles. The Morgan fingerprint density at radius 1 is 0.923 bits per heavy atom. The molecule has 1 N–H and O–H groups in total. The lowest BCUT2D eigenvalue weighted by molar-refractivity contribution is -0.0568. The quantitative estimate of drug-likeness (QED) is 0.462. The molecular formula is C27H33F2N7O2S. The van der Waals surface area contributed by atoms with Gasteiger partial charge < -0.3 is 4.90 Å². The average Bonchev–Trinajstić information content (AvgIpc) is 3.45. The Bertz CT molecular complexity index is 1450. The van der Waals surface area contributed by atoms with E-state index in [9.17, 15) is 17.2 Å². The summed E-state index contributed by atoms with van der Waals surface area (Å²) in [6, 6.07) is 11.1. The van der Waals surface area contributed by atoms with Crippen molar-refractivity contribution in [3.63, 3.8) is 0 Å². The number of hydrogen-bond donors (Lipinski definition) is 1. The van der Waals surface area contributed by atoms with E-state index in [1.165, 1.54) is 12.8 Å². The largest absolute Gasteiger partial charge is 0.370 e. The molecule has 0 radical (unpaired) electrons. The highest BCUT2D eigenvalue weighted by atomic mass is 32.2. The number of hydrogen-bond acceptors (Lipinski definition) is 7. The zero-order valence-corrected chi connectivity index (χ0v) is 22.8. The zero-order valence-electron chi connectivity index (χ0n) is 22.0. The standard InChI is InChI=1S/C27H33F2N7O2S/c1-39(37,38)32-20-5-6-24(25(17-20)35-15-9-26(7-8-26)10-16-35)36-19-23(31-33-36)22-4-2-3-21(30-22)18-34-13-11-27(28,29)12-14-34/h2-6,17,19,32H,7-16,18H2,1H3. The van der Waals surface area contributed by atoms with Gasteiger partial charge in [0.05, 0.1) is 40.9 Å². The number of likely N-dealkylation sites (tertiary alicyclic amines) is 1. The van der Waals surface area contributed by atoms with Crippen molar-refractivity contribution in [3.05, 3.63) is 48.3 Å². The van der Waals surface area contributed by atoms with E-state index >= 15 is 0 Å². The second-order valence-electron chi connectivity index (χ2n) is 11.3. The number of anilines is 2. The first-order valence-corrected chi connectivity index (χ1v) is 15.3. The fourth-order valence-electron chi connectivity index (χ4n) is 5.62. The van der Waals surface area contributed by atoms with Crippen LogP contribution in [0.4, 0.5) is 20.2 Å². The summed E-state index contributed by atoms with van der Waals surface area (Å²) in [5, 5.41) is 8.77. The van der Waals surface area contributed by atoms with E-state index < -0.39 is 15.9 Å². The smallest absolute Gasteiger partial charge is 0.250 e. The average molecular weight is 558 g/mol. The Morgan fingerprint density at radius 3 is 2.36 bits per heavy atom. The predicted octanol–water partition coefficient (Wildman–Crippen LogP) is 4.31. The van der Waals surface area contributed by atoms with Gasteiger partial charge in [-0.3, -0.25) is 9.62 Å². The number of nitrogens with one attached hydrogen (secondary N) is 1. The van der Waals surface area contributed by atoms with Gasteiger partial charge in [0.25, 0.3) is 5.92 Å². The molecule has 0 unspecified atom stereocenters. The van der Waals surface area contributed by atoms with E-state index in [-0.39, 0.29) is 12.8 Å². The van der Waals surface area contributed by atoms with Gasteiger partial charge in [-0.25, -0.2) is 26.9 Å². The lowest BCUT2D eigenvalue weighted by atomic mass is 9.93. The molecular weight excluding hydrogens is 524 g/mol. The summed E-state index contributed by atoms with van der Waals surface area (Å²) in [6.07, 6.45) is 7.57. The van der Waals surface area contributed by atoms with Crippen molar-refractivity contribution in [2.24, 2.45) is 5.41 Å². The molecule has 0 amide bonds. The van der Waals surface area contributed by atoms with Crippen molar-refractivity contribution in [2.45, 2.75) is 51.0 Å². The van der Waals surface area contributed by atoms with Crippen LogP contribution in [-0.4, -0.2) is 71.7 Å². The van der Waals surface area contributed by atoms with Gasteiger partial charge in [-0.05, 0) is 61.4 Å². The molecule has 9 nitrogen and oxygen atoms in total. The number of halogens is 2. The molecule has 3 fully saturated rings. The van der Waals surface area contributed by atoms with E-state index in [2.05, 4.69) is 19.9 Å². The minimum atomic E-state index is -3.42. The molecule has 3 aromatic rings. The van der Waals surface area contributed by atoms with Crippen LogP contribution in [-0.2, 0) is 16.6 Å². The Morgan fingerprint density at radius 2 is 1.67 bits per heavy atom. The maximum Gasteiger partial charge on any atom is 0.250 e. The lowest BCUT2D eigenvalue weighted by Crippen LogP contribution is -2.38. The molecule has 2 saturated heterocycles. The number of pyridine rings is 1. The summed E-state index contributed by atoms with van der Waals surface area (Å²) in [4.78, 5) is 9.04. The van der Waals surface area contributed by atoms with Crippen LogP contribution in [0.5, 0.6) is 0 Å². The zero-order chi connectivity index (χ0) is 27.3. The van der Waals surface area contributed by atoms with E-state index in [1.54, 1.807) is 10.7 Å². The van der Waals surface area contributed by atoms with Gasteiger partial charge in [0.1, 0.15) is 5.69 Å². The summed E-state index contributed by atoms with van der Waals surface area (Å²) in [7, 11) is -3.42. The van der Waals surface area contributed by atoms with E-state index in [0.29, 0.717) is 42.1 Å². The number of sulfonamides is 1. The van der Waals surface area contributed by atoms with Crippen LogP contribution < -0.4 is 9.62 Å². The Kier molecular flexibility index (Phi) is 6.57. The van der Waals surface area contributed by atoms with Crippen LogP contribution in [0.1, 0.15) is 44.2 Å². The Labute approximate surface area is 227 Å². The van der Waals surface area contributed by atoms with Gasteiger partial charge in [-0.1, -0.05) is 11.3 Å². The van der Waals surface area contributed by atoms with Gasteiger partial charge in [0, 0.05) is 45.6 Å². The molecule has 1 aliphatic carbocycles. The molecule has 2 aromatic heterocycles. The SMILES string of the molecule is CS(=O)(=O)Nc1ccc(-n2cc(-c3cccc(CN4CCC(F)(F)CC4)n3)nn2)c(N2CCC3(CC2)CC3)c1. The van der Waals surface area contributed by atoms with E-state index in [1.807, 2.05) is 41.4 Å². The van der Waals surface area contributed by atoms with Crippen LogP contribution >= 0.6 is 0 Å². The molecule has 6 rings (SSSR count). The van der Waals surface area contributed by atoms with Crippen molar-refractivity contribution in [2.75, 3.05) is 42.1 Å². The van der Waals surface area contributed by atoms with Crippen LogP contribution in [0, 0.1) is 5.41 Å². The fourth-order valence-corrected chi connectivity index (χ4v) is 6.18. The van der Waals surface area contributed by atoms with Crippen LogP contribution in [0.15, 0.2) is 42.6 Å². The van der Waals surface area contributed by atoms with Crippen LogP contribution in [0.2, 0.25) is 0 Å². The normalized spacial score (nSPS) is 20.7. The Hall–Kier alpha value is -3.12. The molecule has 0 bridgehead atoms. The summed E-state index contributed by atoms with van der Waals surface area (Å²) >= 11 is 0. The number of aromatic nitrogens is 4. The van der Waals surface area contributed by atoms with Crippen molar-refractivity contribution in [3.8, 4) is 17.1 Å². The third kappa shape index (κ3) is 6.06. The molecule has 1 aromatic carbocycles. The topological polar surface area (TPSA) is 96.2 Å². The van der Waals surface area contributed by atoms with Crippen molar-refractivity contribution < 1.29 is 17.2 Å². The summed E-state index contributed by atoms with van der Waals surface area (Å²) in [5.41, 5.74) is 4.78. The second kappa shape index (κ2) is 9.81. The maximum atomic E-state index is 13.5. The molecule has 208 valence electrons. The van der Waals surface area contributed by atoms with Crippen LogP contribution in [0.25, 0.3) is 17.1 Å². The molecule has 0 atom stereocenters. The maximum absolute atomic E-state index is 13.5. The van der Waals surface area contributed by atoms with Gasteiger partial charge in [-0.2, -0.15) is 0 Å². The first kappa shape index (κ1) is 26.1. The third-order valence-electron chi connectivity index (χ3n) is 8.18. The summed E-state index contributed by atoms with van der Waals surface area (Å²) < 4.78 is 55.1. The first-order valence-electron chi connectivity index (χ1n) is 13.4. The van der Waals surface area contributed by atoms with Crippen molar-refractivity contribution >= 4 is 21.4 Å². The Balaban J connectivity index is 1.25. The van der Waals surface area contributed by atoms with E-state index in [0.717, 1.165) is 49.3 Å². The highest BCUT2D eigenvalue weighted by molar-refractivity contribution is 7.92. The molecule has 39 heavy (non-hydrogen) atoms. The molecule has 4 heterocycles. The molecule has 1 saturated carbocycles. The number of benzene rings is 1. The number of alkyl halides is 2. The van der Waals surface area contributed by atoms with Crippen molar-refractivity contribution in [1.82, 2.24) is 24.9 Å². The summed E-state index contributed by atoms with van der Waals surface area (Å²) in [5.74, 6) is -2.57. The van der Waals surface area contributed by atoms with Crippen molar-refractivity contribution in [1.29, 1.82) is 0 Å². The van der Waals surface area contributed by atoms with Gasteiger partial charge in [0.2, 0.25) is 10.0 Å². The minimum Gasteiger partial charge on any atom is -0.370 e. The monoisotopic (exact) mass is 557 g/mol. The number of piperidine rings is 2. The van der Waals surface area contributed by atoms with Gasteiger partial charge >= 0.3 is 0 Å². The third-order valence-corrected chi connectivity index (χ3v) is 8.79. The van der Waals surface area contributed by atoms with Gasteiger partial charge in [-0.15, -0.1) is 5.10 Å². The fraction of sp³-hybridized carbons (Fsp3) is 0.519. The number of rotatable bonds is 7. The van der Waals surface area contributed by atoms with E-state index in [4.69, 9.17) is 4.98 Å². The lowest BCUT2D eigenvalue weighted by Gasteiger charge is -2.35.